The molecule has 2 aliphatic rings. The quantitative estimate of drug-likeness (QED) is 0.658. The summed E-state index contributed by atoms with van der Waals surface area (Å²) >= 11 is 0. The largest absolute Gasteiger partial charge is 0.311 e. The first-order valence-corrected chi connectivity index (χ1v) is 10.9. The summed E-state index contributed by atoms with van der Waals surface area (Å²) in [6.07, 6.45) is 13.3. The Morgan fingerprint density at radius 3 is 2.68 bits per heavy atom. The number of aromatic nitrogens is 5. The van der Waals surface area contributed by atoms with Gasteiger partial charge < -0.3 is 4.57 Å². The summed E-state index contributed by atoms with van der Waals surface area (Å²) in [6.45, 7) is 4.58. The van der Waals surface area contributed by atoms with Crippen LogP contribution in [0.1, 0.15) is 83.0 Å². The number of hydrogen-bond acceptors (Lipinski definition) is 4. The number of hydrogen-bond donors (Lipinski definition) is 0. The molecule has 0 bridgehead atoms. The fraction of sp³-hybridized carbons (Fsp3) is 0.636. The van der Waals surface area contributed by atoms with E-state index >= 15 is 0 Å². The van der Waals surface area contributed by atoms with Crippen molar-refractivity contribution in [3.05, 3.63) is 34.6 Å². The molecule has 3 unspecified atom stereocenters. The number of fused-ring (bicyclic) bond motifs is 3. The zero-order valence-electron chi connectivity index (χ0n) is 16.8. The van der Waals surface area contributed by atoms with Crippen molar-refractivity contribution in [2.75, 3.05) is 0 Å². The summed E-state index contributed by atoms with van der Waals surface area (Å²) in [6, 6.07) is 2.29. The van der Waals surface area contributed by atoms with Gasteiger partial charge in [0.1, 0.15) is 0 Å². The topological polar surface area (TPSA) is 65.1 Å². The highest BCUT2D eigenvalue weighted by Gasteiger charge is 2.29. The lowest BCUT2D eigenvalue weighted by Gasteiger charge is -2.35. The zero-order chi connectivity index (χ0) is 19.3. The maximum absolute atomic E-state index is 13.3. The molecule has 3 aromatic rings. The van der Waals surface area contributed by atoms with Gasteiger partial charge in [-0.25, -0.2) is 4.98 Å². The predicted molar refractivity (Wildman–Crippen MR) is 110 cm³/mol. The van der Waals surface area contributed by atoms with Crippen molar-refractivity contribution in [2.24, 2.45) is 11.8 Å². The Morgan fingerprint density at radius 2 is 1.86 bits per heavy atom. The summed E-state index contributed by atoms with van der Waals surface area (Å²) in [5.74, 6) is 3.07. The maximum atomic E-state index is 13.3. The van der Waals surface area contributed by atoms with Crippen LogP contribution in [0.2, 0.25) is 0 Å². The molecule has 2 fully saturated rings. The van der Waals surface area contributed by atoms with Crippen molar-refractivity contribution in [3.8, 4) is 0 Å². The third-order valence-corrected chi connectivity index (χ3v) is 7.27. The van der Waals surface area contributed by atoms with E-state index in [1.54, 1.807) is 10.7 Å². The monoisotopic (exact) mass is 379 g/mol. The van der Waals surface area contributed by atoms with E-state index in [1.165, 1.54) is 32.1 Å². The lowest BCUT2D eigenvalue weighted by atomic mass is 9.78. The molecule has 2 saturated carbocycles. The van der Waals surface area contributed by atoms with Gasteiger partial charge in [-0.05, 0) is 37.2 Å². The molecule has 0 amide bonds. The summed E-state index contributed by atoms with van der Waals surface area (Å²) in [4.78, 5) is 22.5. The van der Waals surface area contributed by atoms with Gasteiger partial charge in [-0.3, -0.25) is 4.79 Å². The summed E-state index contributed by atoms with van der Waals surface area (Å²) < 4.78 is 3.72. The minimum Gasteiger partial charge on any atom is -0.311 e. The van der Waals surface area contributed by atoms with Gasteiger partial charge in [-0.15, -0.1) is 5.10 Å². The van der Waals surface area contributed by atoms with Crippen LogP contribution in [0.3, 0.4) is 0 Å². The van der Waals surface area contributed by atoms with E-state index in [0.717, 1.165) is 30.6 Å². The molecule has 0 aromatic carbocycles. The van der Waals surface area contributed by atoms with E-state index in [0.29, 0.717) is 28.9 Å². The summed E-state index contributed by atoms with van der Waals surface area (Å²) in [7, 11) is 0. The Balaban J connectivity index is 1.59. The van der Waals surface area contributed by atoms with Crippen LogP contribution in [0.15, 0.2) is 23.3 Å². The molecule has 6 nitrogen and oxygen atoms in total. The van der Waals surface area contributed by atoms with Gasteiger partial charge in [-0.1, -0.05) is 46.0 Å². The Morgan fingerprint density at radius 1 is 1.04 bits per heavy atom. The van der Waals surface area contributed by atoms with E-state index in [4.69, 9.17) is 5.10 Å². The Hall–Kier alpha value is -2.24. The molecule has 2 aliphatic carbocycles. The van der Waals surface area contributed by atoms with Crippen LogP contribution in [0, 0.1) is 11.8 Å². The molecule has 3 aromatic heterocycles. The summed E-state index contributed by atoms with van der Waals surface area (Å²) in [5.41, 5.74) is 0.866. The van der Waals surface area contributed by atoms with Crippen molar-refractivity contribution in [1.82, 2.24) is 24.1 Å². The second kappa shape index (κ2) is 6.98. The maximum Gasteiger partial charge on any atom is 0.261 e. The van der Waals surface area contributed by atoms with Crippen LogP contribution >= 0.6 is 0 Å². The first kappa shape index (κ1) is 17.8. The second-order valence-electron chi connectivity index (χ2n) is 8.94. The van der Waals surface area contributed by atoms with Gasteiger partial charge in [0.15, 0.2) is 5.82 Å². The highest BCUT2D eigenvalue weighted by Crippen LogP contribution is 2.37. The number of pyridine rings is 1. The number of nitrogens with zero attached hydrogens (tertiary/aromatic N) is 5. The average Bonchev–Trinajstić information content (AvgIpc) is 3.16. The third kappa shape index (κ3) is 2.85. The van der Waals surface area contributed by atoms with Crippen LogP contribution in [0.5, 0.6) is 0 Å². The Bertz CT molecular complexity index is 1060. The molecule has 3 heterocycles. The van der Waals surface area contributed by atoms with Gasteiger partial charge >= 0.3 is 0 Å². The first-order valence-electron chi connectivity index (χ1n) is 10.9. The first-order chi connectivity index (χ1) is 13.6. The molecule has 0 N–H and O–H groups in total. The van der Waals surface area contributed by atoms with Crippen molar-refractivity contribution < 1.29 is 0 Å². The fourth-order valence-corrected chi connectivity index (χ4v) is 5.29. The van der Waals surface area contributed by atoms with Crippen molar-refractivity contribution >= 4 is 16.7 Å². The van der Waals surface area contributed by atoms with Gasteiger partial charge in [0.25, 0.3) is 11.3 Å². The minimum absolute atomic E-state index is 0.0487. The van der Waals surface area contributed by atoms with E-state index in [2.05, 4.69) is 23.8 Å². The van der Waals surface area contributed by atoms with Crippen LogP contribution in [-0.4, -0.2) is 24.1 Å². The van der Waals surface area contributed by atoms with E-state index < -0.39 is 0 Å². The molecule has 28 heavy (non-hydrogen) atoms. The molecule has 6 heteroatoms. The molecule has 0 radical (unpaired) electrons. The van der Waals surface area contributed by atoms with Gasteiger partial charge in [0.2, 0.25) is 0 Å². The molecular weight excluding hydrogens is 350 g/mol. The molecular formula is C22H29N5O. The smallest absolute Gasteiger partial charge is 0.261 e. The molecule has 0 spiro atoms. The van der Waals surface area contributed by atoms with Crippen molar-refractivity contribution in [2.45, 2.75) is 77.2 Å². The molecule has 148 valence electrons. The predicted octanol–water partition coefficient (Wildman–Crippen LogP) is 4.48. The fourth-order valence-electron chi connectivity index (χ4n) is 5.29. The van der Waals surface area contributed by atoms with E-state index in [1.807, 2.05) is 16.8 Å². The van der Waals surface area contributed by atoms with Gasteiger partial charge in [0.05, 0.1) is 10.9 Å². The van der Waals surface area contributed by atoms with Crippen molar-refractivity contribution in [1.29, 1.82) is 0 Å². The third-order valence-electron chi connectivity index (χ3n) is 7.27. The Kier molecular flexibility index (Phi) is 4.44. The highest BCUT2D eigenvalue weighted by atomic mass is 16.1. The van der Waals surface area contributed by atoms with E-state index in [-0.39, 0.29) is 11.6 Å². The zero-order valence-corrected chi connectivity index (χ0v) is 16.8. The lowest BCUT2D eigenvalue weighted by molar-refractivity contribution is 0.183. The Labute approximate surface area is 165 Å². The minimum atomic E-state index is 0.0487. The highest BCUT2D eigenvalue weighted by molar-refractivity contribution is 5.78. The molecule has 3 atom stereocenters. The second-order valence-corrected chi connectivity index (χ2v) is 8.94. The molecule has 0 saturated heterocycles. The molecule has 0 aliphatic heterocycles. The molecule has 5 rings (SSSR count). The van der Waals surface area contributed by atoms with Crippen LogP contribution in [-0.2, 0) is 0 Å². The SMILES string of the molecule is CC1CCCC(n2ccc3c(cnc4nc(C5CCCCC5)nn43)c2=O)C1C. The average molecular weight is 380 g/mol. The van der Waals surface area contributed by atoms with Crippen LogP contribution in [0.4, 0.5) is 0 Å². The van der Waals surface area contributed by atoms with Crippen LogP contribution < -0.4 is 5.56 Å². The van der Waals surface area contributed by atoms with Crippen molar-refractivity contribution in [3.63, 3.8) is 0 Å². The van der Waals surface area contributed by atoms with Gasteiger partial charge in [0, 0.05) is 24.4 Å². The van der Waals surface area contributed by atoms with E-state index in [9.17, 15) is 4.79 Å². The van der Waals surface area contributed by atoms with Crippen LogP contribution in [0.25, 0.3) is 16.7 Å². The lowest BCUT2D eigenvalue weighted by Crippen LogP contribution is -2.33. The number of rotatable bonds is 2. The van der Waals surface area contributed by atoms with Gasteiger partial charge in [-0.2, -0.15) is 9.50 Å². The standard InChI is InChI=1S/C22H29N5O/c1-14-7-6-10-18(15(14)2)26-12-11-19-17(21(26)28)13-23-22-24-20(25-27(19)22)16-8-4-3-5-9-16/h11-16,18H,3-10H2,1-2H3. The normalized spacial score (nSPS) is 26.9. The summed E-state index contributed by atoms with van der Waals surface area (Å²) in [5, 5.41) is 5.41.